The van der Waals surface area contributed by atoms with E-state index < -0.39 is 54.7 Å². The van der Waals surface area contributed by atoms with Gasteiger partial charge in [-0.3, -0.25) is 9.59 Å². The van der Waals surface area contributed by atoms with Gasteiger partial charge in [0.1, 0.15) is 12.1 Å². The van der Waals surface area contributed by atoms with Crippen molar-refractivity contribution in [3.05, 3.63) is 12.2 Å². The Hall–Kier alpha value is -2.24. The lowest BCUT2D eigenvalue weighted by Crippen LogP contribution is -2.59. The summed E-state index contributed by atoms with van der Waals surface area (Å²) >= 11 is 0. The average molecular weight is 426 g/mol. The zero-order valence-electron chi connectivity index (χ0n) is 15.1. The summed E-state index contributed by atoms with van der Waals surface area (Å²) in [5.74, 6) is -5.69. The molecule has 2 amide bonds. The summed E-state index contributed by atoms with van der Waals surface area (Å²) in [5, 5.41) is 11.0. The van der Waals surface area contributed by atoms with Gasteiger partial charge in [0.25, 0.3) is 0 Å². The van der Waals surface area contributed by atoms with Gasteiger partial charge in [-0.2, -0.15) is 22.0 Å². The second-order valence-corrected chi connectivity index (χ2v) is 7.51. The number of fused-ring (bicyclic) bond motifs is 5. The van der Waals surface area contributed by atoms with E-state index >= 15 is 0 Å². The Morgan fingerprint density at radius 3 is 2.38 bits per heavy atom. The van der Waals surface area contributed by atoms with E-state index in [9.17, 15) is 41.4 Å². The van der Waals surface area contributed by atoms with Gasteiger partial charge in [0.15, 0.2) is 0 Å². The third-order valence-electron chi connectivity index (χ3n) is 5.93. The minimum Gasteiger partial charge on any atom is -0.480 e. The molecule has 0 aromatic rings. The molecule has 7 atom stereocenters. The number of ether oxygens (including phenoxy) is 1. The minimum atomic E-state index is -5.36. The molecule has 2 bridgehead atoms. The van der Waals surface area contributed by atoms with Crippen LogP contribution in [-0.2, 0) is 19.1 Å². The molecule has 1 saturated carbocycles. The van der Waals surface area contributed by atoms with E-state index in [1.54, 1.807) is 0 Å². The van der Waals surface area contributed by atoms with Crippen LogP contribution in [0.1, 0.15) is 13.3 Å². The molecule has 1 saturated heterocycles. The first-order chi connectivity index (χ1) is 13.4. The van der Waals surface area contributed by atoms with Crippen LogP contribution < -0.4 is 5.32 Å². The molecular formula is C17H19F5N2O5. The normalized spacial score (nSPS) is 32.4. The van der Waals surface area contributed by atoms with E-state index in [0.717, 1.165) is 18.2 Å². The highest BCUT2D eigenvalue weighted by Crippen LogP contribution is 2.54. The highest BCUT2D eigenvalue weighted by atomic mass is 19.4. The van der Waals surface area contributed by atoms with E-state index in [1.165, 1.54) is 5.32 Å². The van der Waals surface area contributed by atoms with Crippen LogP contribution >= 0.6 is 0 Å². The van der Waals surface area contributed by atoms with Gasteiger partial charge in [0.05, 0.1) is 6.10 Å². The van der Waals surface area contributed by atoms with Crippen molar-refractivity contribution >= 4 is 17.8 Å². The second-order valence-electron chi connectivity index (χ2n) is 7.51. The maximum Gasteiger partial charge on any atom is 0.471 e. The second kappa shape index (κ2) is 7.54. The average Bonchev–Trinajstić information content (AvgIpc) is 3.27. The van der Waals surface area contributed by atoms with Crippen molar-refractivity contribution in [1.29, 1.82) is 0 Å². The van der Waals surface area contributed by atoms with Gasteiger partial charge in [0, 0.05) is 12.5 Å². The van der Waals surface area contributed by atoms with Crippen LogP contribution in [-0.4, -0.2) is 65.3 Å². The molecule has 162 valence electrons. The molecule has 0 radical (unpaired) electrons. The van der Waals surface area contributed by atoms with E-state index in [-0.39, 0.29) is 24.3 Å². The number of amides is 2. The highest BCUT2D eigenvalue weighted by molar-refractivity contribution is 5.93. The number of hydrogen-bond acceptors (Lipinski definition) is 4. The first kappa shape index (κ1) is 21.5. The predicted octanol–water partition coefficient (Wildman–Crippen LogP) is 1.39. The maximum atomic E-state index is 12.9. The van der Waals surface area contributed by atoms with Crippen molar-refractivity contribution in [2.24, 2.45) is 23.7 Å². The fourth-order valence-electron chi connectivity index (χ4n) is 4.78. The van der Waals surface area contributed by atoms with Gasteiger partial charge >= 0.3 is 24.7 Å². The lowest BCUT2D eigenvalue weighted by Gasteiger charge is -2.32. The third kappa shape index (κ3) is 3.94. The van der Waals surface area contributed by atoms with E-state index in [4.69, 9.17) is 0 Å². The number of carboxylic acid groups (broad SMARTS) is 1. The largest absolute Gasteiger partial charge is 0.480 e. The van der Waals surface area contributed by atoms with Crippen LogP contribution in [0.4, 0.5) is 22.0 Å². The molecule has 0 aromatic carbocycles. The van der Waals surface area contributed by atoms with Crippen molar-refractivity contribution in [2.75, 3.05) is 6.54 Å². The van der Waals surface area contributed by atoms with Crippen molar-refractivity contribution in [1.82, 2.24) is 10.2 Å². The fourth-order valence-corrected chi connectivity index (χ4v) is 4.78. The Morgan fingerprint density at radius 1 is 1.21 bits per heavy atom. The highest BCUT2D eigenvalue weighted by Gasteiger charge is 2.59. The van der Waals surface area contributed by atoms with Crippen LogP contribution in [0.15, 0.2) is 12.2 Å². The number of alkyl halides is 5. The maximum absolute atomic E-state index is 12.9. The van der Waals surface area contributed by atoms with E-state index in [2.05, 4.69) is 4.74 Å². The molecule has 1 aliphatic heterocycles. The molecule has 2 aliphatic carbocycles. The molecule has 1 heterocycles. The van der Waals surface area contributed by atoms with Crippen LogP contribution in [0.5, 0.6) is 0 Å². The SMILES string of the molecule is C[C@@H](OC(F)F)[C@H](NC(=O)C(F)(F)F)C(=O)N1C[C@H]2[C@@H]([C@H]1C(=O)O)[C@H]1C=C[C@@H]2C1. The Morgan fingerprint density at radius 2 is 1.83 bits per heavy atom. The molecule has 7 nitrogen and oxygen atoms in total. The van der Waals surface area contributed by atoms with E-state index in [0.29, 0.717) is 0 Å². The molecule has 29 heavy (non-hydrogen) atoms. The van der Waals surface area contributed by atoms with Crippen molar-refractivity contribution in [3.63, 3.8) is 0 Å². The van der Waals surface area contributed by atoms with Crippen LogP contribution in [0, 0.1) is 23.7 Å². The van der Waals surface area contributed by atoms with Gasteiger partial charge < -0.3 is 20.1 Å². The molecule has 3 aliphatic rings. The Bertz CT molecular complexity index is 727. The minimum absolute atomic E-state index is 0.0441. The standard InChI is InChI=1S/C17H19F5N2O5/c1-6(29-16(18)19)11(23-15(28)17(20,21)22)13(25)24-5-9-7-2-3-8(4-7)10(9)12(24)14(26)27/h2-3,6-12,16H,4-5H2,1H3,(H,23,28)(H,26,27)/t6-,7-,8+,9-,10+,11+,12+/m1/s1. The topological polar surface area (TPSA) is 95.9 Å². The number of carbonyl (C=O) groups excluding carboxylic acids is 2. The van der Waals surface area contributed by atoms with Crippen molar-refractivity contribution < 1.29 is 46.2 Å². The van der Waals surface area contributed by atoms with Gasteiger partial charge in [-0.25, -0.2) is 4.79 Å². The molecule has 3 rings (SSSR count). The lowest BCUT2D eigenvalue weighted by atomic mass is 9.82. The number of nitrogens with zero attached hydrogens (tertiary/aromatic N) is 1. The fraction of sp³-hybridized carbons (Fsp3) is 0.706. The molecule has 0 unspecified atom stereocenters. The number of likely N-dealkylation sites (tertiary alicyclic amines) is 1. The van der Waals surface area contributed by atoms with Crippen molar-refractivity contribution in [3.8, 4) is 0 Å². The Labute approximate surface area is 161 Å². The number of rotatable bonds is 6. The summed E-state index contributed by atoms with van der Waals surface area (Å²) in [4.78, 5) is 37.0. The van der Waals surface area contributed by atoms with Crippen LogP contribution in [0.3, 0.4) is 0 Å². The van der Waals surface area contributed by atoms with Gasteiger partial charge in [-0.1, -0.05) is 12.2 Å². The molecular weight excluding hydrogens is 407 g/mol. The number of carbonyl (C=O) groups is 3. The number of halogens is 5. The molecule has 12 heteroatoms. The quantitative estimate of drug-likeness (QED) is 0.495. The van der Waals surface area contributed by atoms with Gasteiger partial charge in [-0.05, 0) is 31.1 Å². The molecule has 0 spiro atoms. The number of allylic oxidation sites excluding steroid dienone is 2. The van der Waals surface area contributed by atoms with E-state index in [1.807, 2.05) is 12.2 Å². The number of hydrogen-bond donors (Lipinski definition) is 2. The van der Waals surface area contributed by atoms with Gasteiger partial charge in [0.2, 0.25) is 5.91 Å². The third-order valence-corrected chi connectivity index (χ3v) is 5.93. The summed E-state index contributed by atoms with van der Waals surface area (Å²) in [6.45, 7) is -2.55. The summed E-state index contributed by atoms with van der Waals surface area (Å²) in [6, 6.07) is -3.44. The first-order valence-electron chi connectivity index (χ1n) is 8.94. The zero-order chi connectivity index (χ0) is 21.7. The monoisotopic (exact) mass is 426 g/mol. The van der Waals surface area contributed by atoms with Crippen molar-refractivity contribution in [2.45, 2.75) is 44.3 Å². The molecule has 2 N–H and O–H groups in total. The predicted molar refractivity (Wildman–Crippen MR) is 85.4 cm³/mol. The van der Waals surface area contributed by atoms with Crippen LogP contribution in [0.25, 0.3) is 0 Å². The Kier molecular flexibility index (Phi) is 5.58. The summed E-state index contributed by atoms with van der Waals surface area (Å²) < 4.78 is 67.2. The number of nitrogens with one attached hydrogen (secondary N) is 1. The zero-order valence-corrected chi connectivity index (χ0v) is 15.1. The number of aliphatic carboxylic acids is 1. The lowest BCUT2D eigenvalue weighted by molar-refractivity contribution is -0.185. The summed E-state index contributed by atoms with van der Waals surface area (Å²) in [6.07, 6.45) is -2.66. The van der Waals surface area contributed by atoms with Crippen LogP contribution in [0.2, 0.25) is 0 Å². The summed E-state index contributed by atoms with van der Waals surface area (Å²) in [5.41, 5.74) is 0. The smallest absolute Gasteiger partial charge is 0.471 e. The molecule has 2 fully saturated rings. The number of carboxylic acids is 1. The Balaban J connectivity index is 1.86. The molecule has 0 aromatic heterocycles. The summed E-state index contributed by atoms with van der Waals surface area (Å²) in [7, 11) is 0. The first-order valence-corrected chi connectivity index (χ1v) is 8.94. The van der Waals surface area contributed by atoms with Gasteiger partial charge in [-0.15, -0.1) is 0 Å².